The number of morpholine rings is 1. The molecule has 26 heavy (non-hydrogen) atoms. The Labute approximate surface area is 152 Å². The summed E-state index contributed by atoms with van der Waals surface area (Å²) in [5, 5.41) is 5.23. The number of carbonyl (C=O) groups excluding carboxylic acids is 1. The van der Waals surface area contributed by atoms with Crippen molar-refractivity contribution in [2.24, 2.45) is 0 Å². The molecular formula is C16H17N5O4S. The number of carbonyl (C=O) groups is 1. The van der Waals surface area contributed by atoms with E-state index in [9.17, 15) is 9.59 Å². The molecule has 0 bridgehead atoms. The van der Waals surface area contributed by atoms with Crippen molar-refractivity contribution in [3.05, 3.63) is 46.3 Å². The molecule has 0 aliphatic carbocycles. The molecule has 0 unspecified atom stereocenters. The van der Waals surface area contributed by atoms with Gasteiger partial charge in [0.15, 0.2) is 0 Å². The summed E-state index contributed by atoms with van der Waals surface area (Å²) >= 11 is 1.29. The minimum absolute atomic E-state index is 0.185. The summed E-state index contributed by atoms with van der Waals surface area (Å²) in [7, 11) is 1.65. The first kappa shape index (κ1) is 16.7. The van der Waals surface area contributed by atoms with Gasteiger partial charge in [-0.2, -0.15) is 9.50 Å². The van der Waals surface area contributed by atoms with E-state index in [2.05, 4.69) is 15.0 Å². The summed E-state index contributed by atoms with van der Waals surface area (Å²) in [6, 6.07) is 4.77. The van der Waals surface area contributed by atoms with Gasteiger partial charge in [-0.1, -0.05) is 11.3 Å². The Morgan fingerprint density at radius 1 is 1.38 bits per heavy atom. The Morgan fingerprint density at radius 2 is 2.19 bits per heavy atom. The maximum atomic E-state index is 12.9. The Bertz CT molecular complexity index is 974. The first-order valence-electron chi connectivity index (χ1n) is 8.13. The summed E-state index contributed by atoms with van der Waals surface area (Å²) in [5.74, 6) is 0.334. The highest BCUT2D eigenvalue weighted by Gasteiger charge is 2.22. The molecule has 136 valence electrons. The van der Waals surface area contributed by atoms with Gasteiger partial charge in [-0.25, -0.2) is 0 Å². The summed E-state index contributed by atoms with van der Waals surface area (Å²) < 4.78 is 12.1. The van der Waals surface area contributed by atoms with Crippen molar-refractivity contribution in [2.45, 2.75) is 6.54 Å². The molecule has 0 atom stereocenters. The molecule has 3 aromatic rings. The quantitative estimate of drug-likeness (QED) is 0.667. The molecule has 9 nitrogen and oxygen atoms in total. The smallest absolute Gasteiger partial charge is 0.274 e. The van der Waals surface area contributed by atoms with E-state index in [1.807, 2.05) is 0 Å². The van der Waals surface area contributed by atoms with Crippen LogP contribution in [0.2, 0.25) is 0 Å². The predicted octanol–water partition coefficient (Wildman–Crippen LogP) is 0.853. The third kappa shape index (κ3) is 3.20. The van der Waals surface area contributed by atoms with Crippen LogP contribution in [0.5, 0.6) is 0 Å². The summed E-state index contributed by atoms with van der Waals surface area (Å²) in [6.45, 7) is 2.97. The molecular weight excluding hydrogens is 358 g/mol. The van der Waals surface area contributed by atoms with Crippen molar-refractivity contribution < 1.29 is 13.9 Å². The number of hydrogen-bond acceptors (Lipinski definition) is 8. The van der Waals surface area contributed by atoms with Gasteiger partial charge in [-0.15, -0.1) is 5.10 Å². The molecule has 1 aliphatic rings. The number of furan rings is 1. The maximum absolute atomic E-state index is 12.9. The Kier molecular flexibility index (Phi) is 4.43. The number of aromatic nitrogens is 3. The second-order valence-corrected chi connectivity index (χ2v) is 6.83. The molecule has 0 saturated carbocycles. The summed E-state index contributed by atoms with van der Waals surface area (Å²) in [5.41, 5.74) is -0.276. The fraction of sp³-hybridized carbons (Fsp3) is 0.375. The zero-order valence-corrected chi connectivity index (χ0v) is 14.9. The van der Waals surface area contributed by atoms with Crippen LogP contribution < -0.4 is 10.5 Å². The van der Waals surface area contributed by atoms with Crippen LogP contribution in [0.25, 0.3) is 4.96 Å². The minimum Gasteiger partial charge on any atom is -0.467 e. The fourth-order valence-electron chi connectivity index (χ4n) is 2.74. The normalized spacial score (nSPS) is 14.7. The average molecular weight is 375 g/mol. The predicted molar refractivity (Wildman–Crippen MR) is 94.7 cm³/mol. The van der Waals surface area contributed by atoms with Crippen molar-refractivity contribution in [1.29, 1.82) is 0 Å². The molecule has 0 N–H and O–H groups in total. The SMILES string of the molecule is CN(Cc1ccco1)C(=O)c1cc(=O)nc2sc(N3CCOCC3)nn12. The lowest BCUT2D eigenvalue weighted by molar-refractivity contribution is 0.0766. The van der Waals surface area contributed by atoms with Crippen molar-refractivity contribution >= 4 is 27.3 Å². The van der Waals surface area contributed by atoms with Gasteiger partial charge in [0.2, 0.25) is 10.1 Å². The van der Waals surface area contributed by atoms with Gasteiger partial charge in [0.25, 0.3) is 11.5 Å². The highest BCUT2D eigenvalue weighted by Crippen LogP contribution is 2.23. The highest BCUT2D eigenvalue weighted by molar-refractivity contribution is 7.20. The van der Waals surface area contributed by atoms with E-state index in [-0.39, 0.29) is 11.6 Å². The lowest BCUT2D eigenvalue weighted by atomic mass is 10.3. The number of ether oxygens (including phenoxy) is 1. The topological polar surface area (TPSA) is 93.2 Å². The van der Waals surface area contributed by atoms with Crippen molar-refractivity contribution in [1.82, 2.24) is 19.5 Å². The first-order chi connectivity index (χ1) is 12.6. The van der Waals surface area contributed by atoms with E-state index < -0.39 is 5.56 Å². The molecule has 1 fully saturated rings. The van der Waals surface area contributed by atoms with Gasteiger partial charge >= 0.3 is 0 Å². The Balaban J connectivity index is 1.68. The van der Waals surface area contributed by atoms with Crippen LogP contribution in [-0.4, -0.2) is 58.8 Å². The second-order valence-electron chi connectivity index (χ2n) is 5.90. The van der Waals surface area contributed by atoms with Crippen LogP contribution in [0.4, 0.5) is 5.13 Å². The third-order valence-corrected chi connectivity index (χ3v) is 5.03. The lowest BCUT2D eigenvalue weighted by Crippen LogP contribution is -2.36. The van der Waals surface area contributed by atoms with E-state index in [4.69, 9.17) is 9.15 Å². The average Bonchev–Trinajstić information content (AvgIpc) is 3.30. The largest absolute Gasteiger partial charge is 0.467 e. The second kappa shape index (κ2) is 6.89. The van der Waals surface area contributed by atoms with Crippen molar-refractivity contribution in [3.63, 3.8) is 0 Å². The molecule has 10 heteroatoms. The molecule has 0 radical (unpaired) electrons. The van der Waals surface area contributed by atoms with Gasteiger partial charge in [0.05, 0.1) is 26.0 Å². The zero-order valence-electron chi connectivity index (χ0n) is 14.1. The van der Waals surface area contributed by atoms with Crippen LogP contribution in [0.3, 0.4) is 0 Å². The Hall–Kier alpha value is -2.72. The molecule has 1 amide bonds. The fourth-order valence-corrected chi connectivity index (χ4v) is 3.70. The van der Waals surface area contributed by atoms with E-state index in [0.29, 0.717) is 48.7 Å². The van der Waals surface area contributed by atoms with Crippen LogP contribution in [0.1, 0.15) is 16.2 Å². The number of amides is 1. The van der Waals surface area contributed by atoms with Gasteiger partial charge in [0, 0.05) is 26.2 Å². The molecule has 0 spiro atoms. The monoisotopic (exact) mass is 375 g/mol. The molecule has 0 aromatic carbocycles. The van der Waals surface area contributed by atoms with Crippen LogP contribution in [0.15, 0.2) is 33.7 Å². The Morgan fingerprint density at radius 3 is 2.92 bits per heavy atom. The third-order valence-electron chi connectivity index (χ3n) is 4.06. The summed E-state index contributed by atoms with van der Waals surface area (Å²) in [6.07, 6.45) is 1.55. The summed E-state index contributed by atoms with van der Waals surface area (Å²) in [4.78, 5) is 32.7. The number of hydrogen-bond donors (Lipinski definition) is 0. The number of nitrogens with zero attached hydrogens (tertiary/aromatic N) is 5. The number of rotatable bonds is 4. The zero-order chi connectivity index (χ0) is 18.1. The lowest BCUT2D eigenvalue weighted by Gasteiger charge is -2.25. The van der Waals surface area contributed by atoms with Crippen molar-refractivity contribution in [2.75, 3.05) is 38.3 Å². The van der Waals surface area contributed by atoms with E-state index in [1.54, 1.807) is 25.4 Å². The minimum atomic E-state index is -0.461. The molecule has 4 rings (SSSR count). The van der Waals surface area contributed by atoms with Gasteiger partial charge in [0.1, 0.15) is 11.5 Å². The number of fused-ring (bicyclic) bond motifs is 1. The maximum Gasteiger partial charge on any atom is 0.274 e. The van der Waals surface area contributed by atoms with Crippen LogP contribution in [0, 0.1) is 0 Å². The molecule has 3 aromatic heterocycles. The highest BCUT2D eigenvalue weighted by atomic mass is 32.1. The first-order valence-corrected chi connectivity index (χ1v) is 8.95. The standard InChI is InChI=1S/C16H17N5O4S/c1-19(10-11-3-2-6-25-11)14(23)12-9-13(22)17-15-21(12)18-16(26-15)20-4-7-24-8-5-20/h2-3,6,9H,4-5,7-8,10H2,1H3. The van der Waals surface area contributed by atoms with E-state index in [1.165, 1.54) is 26.8 Å². The van der Waals surface area contributed by atoms with Gasteiger partial charge in [-0.05, 0) is 12.1 Å². The van der Waals surface area contributed by atoms with Crippen LogP contribution in [-0.2, 0) is 11.3 Å². The van der Waals surface area contributed by atoms with E-state index in [0.717, 1.165) is 0 Å². The van der Waals surface area contributed by atoms with Crippen molar-refractivity contribution in [3.8, 4) is 0 Å². The van der Waals surface area contributed by atoms with E-state index >= 15 is 0 Å². The van der Waals surface area contributed by atoms with Gasteiger partial charge < -0.3 is 19.0 Å². The number of anilines is 1. The molecule has 4 heterocycles. The van der Waals surface area contributed by atoms with Gasteiger partial charge in [-0.3, -0.25) is 9.59 Å². The molecule has 1 aliphatic heterocycles. The molecule has 1 saturated heterocycles. The van der Waals surface area contributed by atoms with Crippen LogP contribution >= 0.6 is 11.3 Å².